The maximum Gasteiger partial charge on any atom is 0.253 e. The second-order valence-electron chi connectivity index (χ2n) is 9.30. The molecule has 2 aromatic carbocycles. The monoisotopic (exact) mass is 450 g/mol. The van der Waals surface area contributed by atoms with Gasteiger partial charge in [-0.1, -0.05) is 24.6 Å². The highest BCUT2D eigenvalue weighted by atomic mass is 16.5. The number of aryl methyl sites for hydroxylation is 1. The molecular weight excluding hydrogens is 416 g/mol. The molecule has 1 saturated heterocycles. The fourth-order valence-corrected chi connectivity index (χ4v) is 4.91. The van der Waals surface area contributed by atoms with Crippen molar-refractivity contribution in [3.05, 3.63) is 59.7 Å². The molecular formula is C27H34N2O4. The quantitative estimate of drug-likeness (QED) is 0.744. The zero-order valence-electron chi connectivity index (χ0n) is 19.6. The summed E-state index contributed by atoms with van der Waals surface area (Å²) in [5, 5.41) is 3.20. The molecule has 4 rings (SSSR count). The number of carbonyl (C=O) groups is 2. The molecule has 0 aromatic heterocycles. The predicted octanol–water partition coefficient (Wildman–Crippen LogP) is 4.23. The summed E-state index contributed by atoms with van der Waals surface area (Å²) in [5.41, 5.74) is 1.45. The van der Waals surface area contributed by atoms with E-state index in [4.69, 9.17) is 9.47 Å². The lowest BCUT2D eigenvalue weighted by Gasteiger charge is -2.41. The van der Waals surface area contributed by atoms with Gasteiger partial charge in [0.25, 0.3) is 5.91 Å². The van der Waals surface area contributed by atoms with Gasteiger partial charge in [-0.2, -0.15) is 0 Å². The first-order valence-corrected chi connectivity index (χ1v) is 12.0. The maximum atomic E-state index is 13.4. The smallest absolute Gasteiger partial charge is 0.253 e. The lowest BCUT2D eigenvalue weighted by molar-refractivity contribution is -0.135. The van der Waals surface area contributed by atoms with Gasteiger partial charge in [0.15, 0.2) is 0 Å². The summed E-state index contributed by atoms with van der Waals surface area (Å²) in [6, 6.07) is 15.3. The van der Waals surface area contributed by atoms with Crippen LogP contribution in [0.1, 0.15) is 54.9 Å². The number of hydrogen-bond acceptors (Lipinski definition) is 4. The summed E-state index contributed by atoms with van der Waals surface area (Å²) in [6.45, 7) is 3.61. The molecule has 0 bridgehead atoms. The van der Waals surface area contributed by atoms with Crippen LogP contribution in [0.25, 0.3) is 0 Å². The first kappa shape index (κ1) is 23.1. The fraction of sp³-hybridized carbons (Fsp3) is 0.481. The van der Waals surface area contributed by atoms with Gasteiger partial charge in [-0.25, -0.2) is 0 Å². The third-order valence-electron chi connectivity index (χ3n) is 7.02. The van der Waals surface area contributed by atoms with E-state index in [2.05, 4.69) is 17.4 Å². The number of hydrogen-bond donors (Lipinski definition) is 1. The minimum absolute atomic E-state index is 0.0134. The van der Waals surface area contributed by atoms with Crippen molar-refractivity contribution in [1.82, 2.24) is 10.2 Å². The highest BCUT2D eigenvalue weighted by Crippen LogP contribution is 2.38. The average molecular weight is 451 g/mol. The van der Waals surface area contributed by atoms with Crippen LogP contribution in [0.4, 0.5) is 0 Å². The molecule has 6 heteroatoms. The molecule has 0 aliphatic carbocycles. The van der Waals surface area contributed by atoms with Gasteiger partial charge in [0.2, 0.25) is 5.91 Å². The molecule has 2 amide bonds. The van der Waals surface area contributed by atoms with Crippen LogP contribution in [-0.4, -0.2) is 49.6 Å². The Morgan fingerprint density at radius 3 is 2.52 bits per heavy atom. The molecule has 2 aliphatic rings. The van der Waals surface area contributed by atoms with Crippen molar-refractivity contribution < 1.29 is 19.1 Å². The van der Waals surface area contributed by atoms with E-state index in [1.807, 2.05) is 24.0 Å². The van der Waals surface area contributed by atoms with E-state index in [1.54, 1.807) is 31.4 Å². The molecule has 2 aromatic rings. The summed E-state index contributed by atoms with van der Waals surface area (Å²) in [6.07, 6.45) is 5.15. The predicted molar refractivity (Wildman–Crippen MR) is 128 cm³/mol. The summed E-state index contributed by atoms with van der Waals surface area (Å²) in [4.78, 5) is 28.3. The van der Waals surface area contributed by atoms with Crippen molar-refractivity contribution in [1.29, 1.82) is 0 Å². The first-order valence-electron chi connectivity index (χ1n) is 12.0. The zero-order valence-corrected chi connectivity index (χ0v) is 19.6. The van der Waals surface area contributed by atoms with Gasteiger partial charge in [-0.05, 0) is 74.9 Å². The van der Waals surface area contributed by atoms with E-state index in [-0.39, 0.29) is 17.9 Å². The Balaban J connectivity index is 1.43. The molecule has 1 atom stereocenters. The normalized spacial score (nSPS) is 21.1. The maximum absolute atomic E-state index is 13.4. The van der Waals surface area contributed by atoms with Crippen LogP contribution in [-0.2, 0) is 11.2 Å². The number of methoxy groups -OCH3 is 1. The van der Waals surface area contributed by atoms with E-state index >= 15 is 0 Å². The molecule has 6 nitrogen and oxygen atoms in total. The largest absolute Gasteiger partial charge is 0.497 e. The Labute approximate surface area is 196 Å². The minimum Gasteiger partial charge on any atom is -0.497 e. The van der Waals surface area contributed by atoms with Gasteiger partial charge < -0.3 is 19.7 Å². The topological polar surface area (TPSA) is 67.9 Å². The van der Waals surface area contributed by atoms with E-state index in [0.717, 1.165) is 37.2 Å². The Kier molecular flexibility index (Phi) is 7.21. The number of likely N-dealkylation sites (tertiary alicyclic amines) is 1. The molecule has 0 radical (unpaired) electrons. The third-order valence-corrected chi connectivity index (χ3v) is 7.02. The minimum atomic E-state index is -0.427. The molecule has 2 heterocycles. The average Bonchev–Trinajstić information content (AvgIpc) is 2.85. The van der Waals surface area contributed by atoms with Gasteiger partial charge in [0.1, 0.15) is 18.1 Å². The van der Waals surface area contributed by atoms with Crippen molar-refractivity contribution in [2.24, 2.45) is 5.41 Å². The SMILES string of the molecule is COc1ccc(C(=O)N2CCC3(CCCCc4ccccc4OC[C@@H](C)NC3=O)CC2)cc1. The van der Waals surface area contributed by atoms with E-state index in [1.165, 1.54) is 5.56 Å². The number of piperidine rings is 1. The van der Waals surface area contributed by atoms with Crippen LogP contribution in [0.15, 0.2) is 48.5 Å². The molecule has 1 N–H and O–H groups in total. The summed E-state index contributed by atoms with van der Waals surface area (Å²) < 4.78 is 11.2. The number of para-hydroxylation sites is 1. The number of nitrogens with one attached hydrogen (secondary N) is 1. The molecule has 176 valence electrons. The van der Waals surface area contributed by atoms with Crippen LogP contribution < -0.4 is 14.8 Å². The van der Waals surface area contributed by atoms with Crippen LogP contribution in [0.2, 0.25) is 0 Å². The van der Waals surface area contributed by atoms with Crippen molar-refractivity contribution in [3.63, 3.8) is 0 Å². The number of carbonyl (C=O) groups excluding carboxylic acids is 2. The van der Waals surface area contributed by atoms with Crippen molar-refractivity contribution in [2.75, 3.05) is 26.8 Å². The number of fused-ring (bicyclic) bond motifs is 1. The lowest BCUT2D eigenvalue weighted by Crippen LogP contribution is -2.52. The summed E-state index contributed by atoms with van der Waals surface area (Å²) in [7, 11) is 1.61. The van der Waals surface area contributed by atoms with Crippen LogP contribution >= 0.6 is 0 Å². The van der Waals surface area contributed by atoms with Crippen molar-refractivity contribution >= 4 is 11.8 Å². The number of rotatable bonds is 2. The molecule has 2 aliphatic heterocycles. The molecule has 1 spiro atoms. The number of nitrogens with zero attached hydrogens (tertiary/aromatic N) is 1. The van der Waals surface area contributed by atoms with Gasteiger partial charge in [0, 0.05) is 18.7 Å². The number of benzene rings is 2. The van der Waals surface area contributed by atoms with Crippen LogP contribution in [0.5, 0.6) is 11.5 Å². The highest BCUT2D eigenvalue weighted by molar-refractivity contribution is 5.94. The van der Waals surface area contributed by atoms with Crippen LogP contribution in [0, 0.1) is 5.41 Å². The highest BCUT2D eigenvalue weighted by Gasteiger charge is 2.42. The Bertz CT molecular complexity index is 964. The number of ether oxygens (including phenoxy) is 2. The van der Waals surface area contributed by atoms with E-state index in [0.29, 0.717) is 38.1 Å². The molecule has 33 heavy (non-hydrogen) atoms. The summed E-state index contributed by atoms with van der Waals surface area (Å²) in [5.74, 6) is 1.76. The lowest BCUT2D eigenvalue weighted by atomic mass is 9.73. The molecule has 1 fully saturated rings. The second-order valence-corrected chi connectivity index (χ2v) is 9.30. The van der Waals surface area contributed by atoms with E-state index < -0.39 is 5.41 Å². The second kappa shape index (κ2) is 10.3. The standard InChI is InChI=1S/C27H34N2O4/c1-20-19-33-24-9-4-3-7-21(24)8-5-6-14-27(26(31)28-20)15-17-29(18-16-27)25(30)22-10-12-23(32-2)13-11-22/h3-4,7,9-13,20H,5-6,8,14-19H2,1-2H3,(H,28,31)/t20-/m1/s1. The number of amides is 2. The van der Waals surface area contributed by atoms with Crippen molar-refractivity contribution in [3.8, 4) is 11.5 Å². The fourth-order valence-electron chi connectivity index (χ4n) is 4.91. The Hall–Kier alpha value is -3.02. The van der Waals surface area contributed by atoms with E-state index in [9.17, 15) is 9.59 Å². The van der Waals surface area contributed by atoms with Gasteiger partial charge >= 0.3 is 0 Å². The Morgan fingerprint density at radius 1 is 1.06 bits per heavy atom. The van der Waals surface area contributed by atoms with Gasteiger partial charge in [-0.15, -0.1) is 0 Å². The summed E-state index contributed by atoms with van der Waals surface area (Å²) >= 11 is 0. The molecule has 0 unspecified atom stereocenters. The van der Waals surface area contributed by atoms with Crippen molar-refractivity contribution in [2.45, 2.75) is 51.5 Å². The van der Waals surface area contributed by atoms with Gasteiger partial charge in [0.05, 0.1) is 18.6 Å². The first-order chi connectivity index (χ1) is 16.0. The molecule has 0 saturated carbocycles. The Morgan fingerprint density at radius 2 is 1.79 bits per heavy atom. The van der Waals surface area contributed by atoms with Crippen LogP contribution in [0.3, 0.4) is 0 Å². The zero-order chi connectivity index (χ0) is 23.3. The third kappa shape index (κ3) is 5.32. The van der Waals surface area contributed by atoms with Gasteiger partial charge in [-0.3, -0.25) is 9.59 Å².